The second-order valence-electron chi connectivity index (χ2n) is 8.72. The van der Waals surface area contributed by atoms with E-state index in [1.807, 2.05) is 6.92 Å². The molecule has 3 amide bonds. The summed E-state index contributed by atoms with van der Waals surface area (Å²) in [6.45, 7) is 7.78. The van der Waals surface area contributed by atoms with Crippen LogP contribution in [-0.2, 0) is 9.53 Å². The van der Waals surface area contributed by atoms with Crippen molar-refractivity contribution in [1.82, 2.24) is 10.2 Å². The van der Waals surface area contributed by atoms with Crippen LogP contribution in [0.1, 0.15) is 62.5 Å². The molecule has 0 saturated carbocycles. The number of carbonyl (C=O) groups excluding carboxylic acids is 3. The van der Waals surface area contributed by atoms with Crippen LogP contribution in [-0.4, -0.2) is 40.4 Å². The Hall–Kier alpha value is -4.21. The monoisotopic (exact) mass is 494 g/mol. The third-order valence-corrected chi connectivity index (χ3v) is 5.72. The van der Waals surface area contributed by atoms with Crippen molar-refractivity contribution in [2.75, 3.05) is 11.9 Å². The van der Waals surface area contributed by atoms with Crippen molar-refractivity contribution in [1.29, 1.82) is 0 Å². The highest BCUT2D eigenvalue weighted by Gasteiger charge is 2.36. The van der Waals surface area contributed by atoms with Crippen LogP contribution in [0.3, 0.4) is 0 Å². The van der Waals surface area contributed by atoms with Gasteiger partial charge in [0.2, 0.25) is 0 Å². The molecule has 3 rings (SSSR count). The number of nitro groups is 1. The number of hydrogen-bond donors (Lipinski definition) is 2. The van der Waals surface area contributed by atoms with Gasteiger partial charge in [-0.25, -0.2) is 9.59 Å². The molecule has 0 bridgehead atoms. The smallest absolute Gasteiger partial charge is 0.338 e. The molecule has 0 aromatic heterocycles. The van der Waals surface area contributed by atoms with Gasteiger partial charge in [-0.1, -0.05) is 31.5 Å². The van der Waals surface area contributed by atoms with E-state index >= 15 is 0 Å². The SMILES string of the molecule is CCCCN1C(=O)NC(c2ccc(NC(=O)c3cccc([N+](=O)[O-])c3)cc2)C(C(=O)OC(C)C)=C1C. The van der Waals surface area contributed by atoms with E-state index in [1.54, 1.807) is 49.9 Å². The number of anilines is 1. The molecule has 2 aromatic carbocycles. The zero-order valence-corrected chi connectivity index (χ0v) is 20.7. The zero-order valence-electron chi connectivity index (χ0n) is 20.7. The first kappa shape index (κ1) is 26.4. The molecule has 0 saturated heterocycles. The van der Waals surface area contributed by atoms with E-state index in [9.17, 15) is 24.5 Å². The van der Waals surface area contributed by atoms with E-state index in [1.165, 1.54) is 24.3 Å². The Morgan fingerprint density at radius 2 is 1.89 bits per heavy atom. The Kier molecular flexibility index (Phi) is 8.42. The summed E-state index contributed by atoms with van der Waals surface area (Å²) in [6, 6.07) is 11.1. The first-order valence-electron chi connectivity index (χ1n) is 11.8. The minimum atomic E-state index is -0.719. The summed E-state index contributed by atoms with van der Waals surface area (Å²) in [5, 5.41) is 16.6. The second kappa shape index (κ2) is 11.5. The van der Waals surface area contributed by atoms with Crippen LogP contribution in [0, 0.1) is 10.1 Å². The minimum absolute atomic E-state index is 0.150. The summed E-state index contributed by atoms with van der Waals surface area (Å²) in [5.74, 6) is -1.00. The molecule has 2 N–H and O–H groups in total. The van der Waals surface area contributed by atoms with Crippen LogP contribution in [0.5, 0.6) is 0 Å². The van der Waals surface area contributed by atoms with E-state index in [4.69, 9.17) is 4.74 Å². The number of allylic oxidation sites excluding steroid dienone is 1. The van der Waals surface area contributed by atoms with Gasteiger partial charge in [-0.3, -0.25) is 19.8 Å². The molecule has 0 radical (unpaired) electrons. The van der Waals surface area contributed by atoms with Gasteiger partial charge < -0.3 is 15.4 Å². The average molecular weight is 495 g/mol. The highest BCUT2D eigenvalue weighted by atomic mass is 16.6. The number of nitrogens with zero attached hydrogens (tertiary/aromatic N) is 2. The van der Waals surface area contributed by atoms with E-state index in [0.717, 1.165) is 12.8 Å². The van der Waals surface area contributed by atoms with E-state index in [0.29, 0.717) is 29.1 Å². The maximum Gasteiger partial charge on any atom is 0.338 e. The number of nitrogens with one attached hydrogen (secondary N) is 2. The number of esters is 1. The number of urea groups is 1. The largest absolute Gasteiger partial charge is 0.459 e. The lowest BCUT2D eigenvalue weighted by molar-refractivity contribution is -0.384. The van der Waals surface area contributed by atoms with Crippen molar-refractivity contribution >= 4 is 29.3 Å². The molecular weight excluding hydrogens is 464 g/mol. The molecular formula is C26H30N4O6. The number of rotatable bonds is 9. The highest BCUT2D eigenvalue weighted by molar-refractivity contribution is 6.04. The summed E-state index contributed by atoms with van der Waals surface area (Å²) in [5.41, 5.74) is 1.97. The Bertz CT molecular complexity index is 1190. The molecule has 2 aromatic rings. The van der Waals surface area contributed by atoms with E-state index in [2.05, 4.69) is 10.6 Å². The van der Waals surface area contributed by atoms with E-state index < -0.39 is 22.8 Å². The number of ether oxygens (including phenoxy) is 1. The fraction of sp³-hybridized carbons (Fsp3) is 0.346. The van der Waals surface area contributed by atoms with Crippen LogP contribution in [0.4, 0.5) is 16.2 Å². The molecule has 1 atom stereocenters. The summed E-state index contributed by atoms with van der Waals surface area (Å²) in [6.07, 6.45) is 1.36. The lowest BCUT2D eigenvalue weighted by Crippen LogP contribution is -2.48. The number of benzene rings is 2. The molecule has 10 heteroatoms. The fourth-order valence-corrected chi connectivity index (χ4v) is 3.88. The molecule has 1 unspecified atom stereocenters. The second-order valence-corrected chi connectivity index (χ2v) is 8.72. The van der Waals surface area contributed by atoms with Crippen LogP contribution >= 0.6 is 0 Å². The summed E-state index contributed by atoms with van der Waals surface area (Å²) < 4.78 is 5.47. The third kappa shape index (κ3) is 6.07. The molecule has 10 nitrogen and oxygen atoms in total. The number of carbonyl (C=O) groups is 3. The summed E-state index contributed by atoms with van der Waals surface area (Å²) in [7, 11) is 0. The van der Waals surface area contributed by atoms with Crippen LogP contribution in [0.2, 0.25) is 0 Å². The van der Waals surface area contributed by atoms with Gasteiger partial charge in [0.1, 0.15) is 0 Å². The molecule has 190 valence electrons. The van der Waals surface area contributed by atoms with Crippen molar-refractivity contribution in [3.8, 4) is 0 Å². The number of unbranched alkanes of at least 4 members (excludes halogenated alkanes) is 1. The molecule has 1 aliphatic heterocycles. The maximum absolute atomic E-state index is 13.0. The van der Waals surface area contributed by atoms with Gasteiger partial charge in [0, 0.05) is 35.6 Å². The molecule has 0 spiro atoms. The summed E-state index contributed by atoms with van der Waals surface area (Å²) >= 11 is 0. The van der Waals surface area contributed by atoms with Crippen LogP contribution < -0.4 is 10.6 Å². The number of non-ortho nitro benzene ring substituents is 1. The van der Waals surface area contributed by atoms with Crippen LogP contribution in [0.25, 0.3) is 0 Å². The third-order valence-electron chi connectivity index (χ3n) is 5.72. The van der Waals surface area contributed by atoms with Gasteiger partial charge in [-0.05, 0) is 51.0 Å². The van der Waals surface area contributed by atoms with E-state index in [-0.39, 0.29) is 23.4 Å². The predicted octanol–water partition coefficient (Wildman–Crippen LogP) is 4.94. The average Bonchev–Trinajstić information content (AvgIpc) is 2.83. The standard InChI is InChI=1S/C26H30N4O6/c1-5-6-14-29-17(4)22(25(32)36-16(2)3)23(28-26(29)33)18-10-12-20(13-11-18)27-24(31)19-8-7-9-21(15-19)30(34)35/h7-13,15-16,23H,5-6,14H2,1-4H3,(H,27,31)(H,28,33). The van der Waals surface area contributed by atoms with Gasteiger partial charge in [-0.15, -0.1) is 0 Å². The summed E-state index contributed by atoms with van der Waals surface area (Å²) in [4.78, 5) is 50.4. The van der Waals surface area contributed by atoms with Gasteiger partial charge >= 0.3 is 12.0 Å². The Labute approximate surface area is 209 Å². The van der Waals surface area contributed by atoms with Gasteiger partial charge in [0.05, 0.1) is 22.6 Å². The number of nitro benzene ring substituents is 1. The van der Waals surface area contributed by atoms with Crippen molar-refractivity contribution < 1.29 is 24.0 Å². The first-order valence-corrected chi connectivity index (χ1v) is 11.8. The molecule has 36 heavy (non-hydrogen) atoms. The maximum atomic E-state index is 13.0. The van der Waals surface area contributed by atoms with Crippen molar-refractivity contribution in [2.45, 2.75) is 52.7 Å². The Morgan fingerprint density at radius 1 is 1.19 bits per heavy atom. The van der Waals surface area contributed by atoms with Crippen molar-refractivity contribution in [2.24, 2.45) is 0 Å². The van der Waals surface area contributed by atoms with Gasteiger partial charge in [-0.2, -0.15) is 0 Å². The topological polar surface area (TPSA) is 131 Å². The zero-order chi connectivity index (χ0) is 26.4. The predicted molar refractivity (Wildman–Crippen MR) is 134 cm³/mol. The lowest BCUT2D eigenvalue weighted by atomic mass is 9.94. The Morgan fingerprint density at radius 3 is 2.50 bits per heavy atom. The minimum Gasteiger partial charge on any atom is -0.459 e. The first-order chi connectivity index (χ1) is 17.1. The fourth-order valence-electron chi connectivity index (χ4n) is 3.88. The molecule has 0 aliphatic carbocycles. The van der Waals surface area contributed by atoms with Crippen molar-refractivity contribution in [3.63, 3.8) is 0 Å². The molecule has 1 aliphatic rings. The van der Waals surface area contributed by atoms with Gasteiger partial charge in [0.15, 0.2) is 0 Å². The van der Waals surface area contributed by atoms with Crippen molar-refractivity contribution in [3.05, 3.63) is 81.0 Å². The highest BCUT2D eigenvalue weighted by Crippen LogP contribution is 2.32. The molecule has 0 fully saturated rings. The number of amides is 3. The normalized spacial score (nSPS) is 15.5. The number of hydrogen-bond acceptors (Lipinski definition) is 6. The quantitative estimate of drug-likeness (QED) is 0.288. The lowest BCUT2D eigenvalue weighted by Gasteiger charge is -2.35. The van der Waals surface area contributed by atoms with Crippen LogP contribution in [0.15, 0.2) is 59.8 Å². The van der Waals surface area contributed by atoms with Gasteiger partial charge in [0.25, 0.3) is 11.6 Å². The molecule has 1 heterocycles. The Balaban J connectivity index is 1.86.